The van der Waals surface area contributed by atoms with Gasteiger partial charge in [0.15, 0.2) is 0 Å². The monoisotopic (exact) mass is 722 g/mol. The molecule has 3 amide bonds. The summed E-state index contributed by atoms with van der Waals surface area (Å²) in [7, 11) is 0. The molecule has 1 unspecified atom stereocenters. The second-order valence-electron chi connectivity index (χ2n) is 15.4. The molecule has 0 fully saturated rings. The maximum Gasteiger partial charge on any atom is 0.239 e. The molecular formula is C43H87N5O3. The summed E-state index contributed by atoms with van der Waals surface area (Å²) in [6.45, 7) is 4.75. The van der Waals surface area contributed by atoms with E-state index in [4.69, 9.17) is 11.5 Å². The fraction of sp³-hybridized carbons (Fsp3) is 0.930. The molecule has 0 spiro atoms. The van der Waals surface area contributed by atoms with Crippen molar-refractivity contribution in [2.24, 2.45) is 11.5 Å². The van der Waals surface area contributed by atoms with E-state index in [1.165, 1.54) is 173 Å². The standard InChI is InChI=1S/C43H87N5O3/c1-3-5-7-9-11-13-15-17-19-21-23-25-27-29-31-34-39(33-30-28-26-24-22-20-18-16-14-12-10-8-6-4-2)48-42(50)38-46-41(49)37-47-43(51)40(45)35-32-36-44/h39-40H,3-38,44-45H2,1-2H3,(H,46,49)(H,47,51)(H,48,50)/t39?,40-/m0/s1. The van der Waals surface area contributed by atoms with E-state index >= 15 is 0 Å². The molecule has 2 atom stereocenters. The lowest BCUT2D eigenvalue weighted by Crippen LogP contribution is -2.47. The Labute approximate surface area is 316 Å². The molecule has 0 aliphatic rings. The van der Waals surface area contributed by atoms with Crippen molar-refractivity contribution in [3.63, 3.8) is 0 Å². The topological polar surface area (TPSA) is 139 Å². The van der Waals surface area contributed by atoms with E-state index in [0.717, 1.165) is 25.7 Å². The first-order valence-corrected chi connectivity index (χ1v) is 22.2. The SMILES string of the molecule is CCCCCCCCCCCCCCCCCC(CCCCCCCCCCCCCCCC)NC(=O)CNC(=O)CNC(=O)[C@@H](N)CCCN. The smallest absolute Gasteiger partial charge is 0.239 e. The Balaban J connectivity index is 4.28. The molecule has 8 nitrogen and oxygen atoms in total. The Hall–Kier alpha value is -1.67. The van der Waals surface area contributed by atoms with E-state index in [-0.39, 0.29) is 30.9 Å². The fourth-order valence-electron chi connectivity index (χ4n) is 6.92. The van der Waals surface area contributed by atoms with Gasteiger partial charge in [0.05, 0.1) is 19.1 Å². The highest BCUT2D eigenvalue weighted by molar-refractivity contribution is 5.89. The van der Waals surface area contributed by atoms with Gasteiger partial charge in [-0.2, -0.15) is 0 Å². The molecule has 0 aliphatic carbocycles. The van der Waals surface area contributed by atoms with Gasteiger partial charge in [0.25, 0.3) is 0 Å². The van der Waals surface area contributed by atoms with Crippen LogP contribution in [0.2, 0.25) is 0 Å². The molecule has 0 heterocycles. The number of rotatable bonds is 40. The first kappa shape index (κ1) is 49.3. The van der Waals surface area contributed by atoms with Gasteiger partial charge in [0.1, 0.15) is 0 Å². The van der Waals surface area contributed by atoms with Gasteiger partial charge in [-0.15, -0.1) is 0 Å². The van der Waals surface area contributed by atoms with E-state index < -0.39 is 11.9 Å². The number of nitrogens with one attached hydrogen (secondary N) is 3. The van der Waals surface area contributed by atoms with Crippen LogP contribution in [0, 0.1) is 0 Å². The number of nitrogens with two attached hydrogens (primary N) is 2. The molecule has 0 saturated carbocycles. The summed E-state index contributed by atoms with van der Waals surface area (Å²) in [5, 5.41) is 8.39. The van der Waals surface area contributed by atoms with Crippen molar-refractivity contribution < 1.29 is 14.4 Å². The largest absolute Gasteiger partial charge is 0.352 e. The highest BCUT2D eigenvalue weighted by atomic mass is 16.2. The average Bonchev–Trinajstić information content (AvgIpc) is 3.13. The first-order valence-electron chi connectivity index (χ1n) is 22.2. The highest BCUT2D eigenvalue weighted by Gasteiger charge is 2.16. The van der Waals surface area contributed by atoms with Crippen LogP contribution >= 0.6 is 0 Å². The zero-order chi connectivity index (χ0) is 37.5. The minimum Gasteiger partial charge on any atom is -0.352 e. The molecule has 0 bridgehead atoms. The van der Waals surface area contributed by atoms with Crippen LogP contribution in [0.1, 0.15) is 226 Å². The third-order valence-corrected chi connectivity index (χ3v) is 10.4. The predicted molar refractivity (Wildman–Crippen MR) is 219 cm³/mol. The van der Waals surface area contributed by atoms with Crippen molar-refractivity contribution >= 4 is 17.7 Å². The van der Waals surface area contributed by atoms with Gasteiger partial charge in [-0.3, -0.25) is 14.4 Å². The van der Waals surface area contributed by atoms with Crippen LogP contribution in [-0.2, 0) is 14.4 Å². The van der Waals surface area contributed by atoms with E-state index in [0.29, 0.717) is 19.4 Å². The summed E-state index contributed by atoms with van der Waals surface area (Å²) in [6.07, 6.45) is 42.1. The molecular weight excluding hydrogens is 635 g/mol. The van der Waals surface area contributed by atoms with Crippen LogP contribution < -0.4 is 27.4 Å². The average molecular weight is 722 g/mol. The number of carbonyl (C=O) groups is 3. The third kappa shape index (κ3) is 36.5. The maximum absolute atomic E-state index is 12.8. The third-order valence-electron chi connectivity index (χ3n) is 10.4. The Kier molecular flexibility index (Phi) is 38.2. The van der Waals surface area contributed by atoms with Crippen LogP contribution in [0.4, 0.5) is 0 Å². The van der Waals surface area contributed by atoms with Crippen molar-refractivity contribution in [1.29, 1.82) is 0 Å². The summed E-state index contributed by atoms with van der Waals surface area (Å²) in [4.78, 5) is 37.1. The number of carbonyl (C=O) groups excluding carboxylic acids is 3. The van der Waals surface area contributed by atoms with E-state index in [9.17, 15) is 14.4 Å². The van der Waals surface area contributed by atoms with Crippen LogP contribution in [0.15, 0.2) is 0 Å². The quantitative estimate of drug-likeness (QED) is 0.0401. The van der Waals surface area contributed by atoms with Crippen LogP contribution in [0.5, 0.6) is 0 Å². The number of unbranched alkanes of at least 4 members (excludes halogenated alkanes) is 27. The van der Waals surface area contributed by atoms with Gasteiger partial charge < -0.3 is 27.4 Å². The Morgan fingerprint density at radius 3 is 1.12 bits per heavy atom. The van der Waals surface area contributed by atoms with Crippen LogP contribution in [-0.4, -0.2) is 49.4 Å². The summed E-state index contributed by atoms with van der Waals surface area (Å²) in [5.74, 6) is -0.930. The minimum atomic E-state index is -0.681. The normalized spacial score (nSPS) is 12.5. The molecule has 0 aliphatic heterocycles. The van der Waals surface area contributed by atoms with E-state index in [1.807, 2.05) is 0 Å². The van der Waals surface area contributed by atoms with Gasteiger partial charge in [-0.05, 0) is 32.2 Å². The first-order chi connectivity index (χ1) is 24.9. The zero-order valence-electron chi connectivity index (χ0n) is 34.0. The summed E-state index contributed by atoms with van der Waals surface area (Å²) in [5.41, 5.74) is 11.3. The van der Waals surface area contributed by atoms with Gasteiger partial charge in [-0.25, -0.2) is 0 Å². The van der Waals surface area contributed by atoms with Crippen molar-refractivity contribution in [2.45, 2.75) is 238 Å². The molecule has 51 heavy (non-hydrogen) atoms. The van der Waals surface area contributed by atoms with Gasteiger partial charge in [0, 0.05) is 6.04 Å². The van der Waals surface area contributed by atoms with Crippen molar-refractivity contribution in [1.82, 2.24) is 16.0 Å². The molecule has 7 N–H and O–H groups in total. The lowest BCUT2D eigenvalue weighted by molar-refractivity contribution is -0.128. The molecule has 0 radical (unpaired) electrons. The summed E-state index contributed by atoms with van der Waals surface area (Å²) in [6, 6.07) is -0.533. The predicted octanol–water partition coefficient (Wildman–Crippen LogP) is 9.90. The molecule has 0 aromatic rings. The van der Waals surface area contributed by atoms with Crippen LogP contribution in [0.25, 0.3) is 0 Å². The van der Waals surface area contributed by atoms with E-state index in [2.05, 4.69) is 29.8 Å². The fourth-order valence-corrected chi connectivity index (χ4v) is 6.92. The molecule has 0 rings (SSSR count). The number of amides is 3. The van der Waals surface area contributed by atoms with E-state index in [1.54, 1.807) is 0 Å². The Bertz CT molecular complexity index is 781. The van der Waals surface area contributed by atoms with Gasteiger partial charge in [-0.1, -0.05) is 200 Å². The van der Waals surface area contributed by atoms with Gasteiger partial charge in [0.2, 0.25) is 17.7 Å². The summed E-state index contributed by atoms with van der Waals surface area (Å²) >= 11 is 0. The zero-order valence-corrected chi connectivity index (χ0v) is 34.0. The molecule has 0 aromatic heterocycles. The molecule has 8 heteroatoms. The Morgan fingerprint density at radius 2 is 0.765 bits per heavy atom. The molecule has 0 aromatic carbocycles. The highest BCUT2D eigenvalue weighted by Crippen LogP contribution is 2.17. The second-order valence-corrected chi connectivity index (χ2v) is 15.4. The lowest BCUT2D eigenvalue weighted by Gasteiger charge is -2.19. The number of hydrogen-bond donors (Lipinski definition) is 5. The lowest BCUT2D eigenvalue weighted by atomic mass is 9.99. The summed E-state index contributed by atoms with van der Waals surface area (Å²) < 4.78 is 0. The number of hydrogen-bond acceptors (Lipinski definition) is 5. The van der Waals surface area contributed by atoms with Crippen molar-refractivity contribution in [3.8, 4) is 0 Å². The van der Waals surface area contributed by atoms with Crippen LogP contribution in [0.3, 0.4) is 0 Å². The minimum absolute atomic E-state index is 0.0813. The van der Waals surface area contributed by atoms with Crippen molar-refractivity contribution in [3.05, 3.63) is 0 Å². The van der Waals surface area contributed by atoms with Crippen molar-refractivity contribution in [2.75, 3.05) is 19.6 Å². The van der Waals surface area contributed by atoms with Gasteiger partial charge >= 0.3 is 0 Å². The molecule has 0 saturated heterocycles. The molecule has 302 valence electrons. The maximum atomic E-state index is 12.8. The Morgan fingerprint density at radius 1 is 0.431 bits per heavy atom. The second kappa shape index (κ2) is 39.5.